The summed E-state index contributed by atoms with van der Waals surface area (Å²) in [5.41, 5.74) is 1.47. The van der Waals surface area contributed by atoms with Gasteiger partial charge in [0.05, 0.1) is 10.7 Å². The van der Waals surface area contributed by atoms with Crippen LogP contribution in [0.5, 0.6) is 0 Å². The van der Waals surface area contributed by atoms with Gasteiger partial charge in [-0.05, 0) is 56.9 Å². The van der Waals surface area contributed by atoms with Crippen LogP contribution in [0.15, 0.2) is 0 Å². The second kappa shape index (κ2) is 5.42. The number of fused-ring (bicyclic) bond motifs is 3. The largest absolute Gasteiger partial charge is 0.316 e. The molecule has 4 atom stereocenters. The van der Waals surface area contributed by atoms with Crippen LogP contribution in [0, 0.1) is 11.8 Å². The zero-order valence-electron chi connectivity index (χ0n) is 12.5. The molecule has 3 aliphatic carbocycles. The summed E-state index contributed by atoms with van der Waals surface area (Å²) in [5.74, 6) is 3.51. The molecule has 2 fully saturated rings. The van der Waals surface area contributed by atoms with Crippen molar-refractivity contribution in [3.63, 3.8) is 0 Å². The lowest BCUT2D eigenvalue weighted by Crippen LogP contribution is -2.24. The monoisotopic (exact) mass is 290 g/mol. The van der Waals surface area contributed by atoms with Crippen LogP contribution in [-0.4, -0.2) is 18.1 Å². The molecular weight excluding hydrogens is 264 g/mol. The van der Waals surface area contributed by atoms with Crippen molar-refractivity contribution in [2.45, 2.75) is 63.7 Å². The highest BCUT2D eigenvalue weighted by atomic mass is 32.1. The van der Waals surface area contributed by atoms with Crippen LogP contribution in [-0.2, 0) is 6.42 Å². The van der Waals surface area contributed by atoms with Crippen LogP contribution in [0.2, 0.25) is 0 Å². The van der Waals surface area contributed by atoms with E-state index in [2.05, 4.69) is 23.6 Å². The lowest BCUT2D eigenvalue weighted by Gasteiger charge is -2.21. The Labute approximate surface area is 126 Å². The zero-order chi connectivity index (χ0) is 13.5. The fraction of sp³-hybridized carbons (Fsp3) is 0.824. The number of aromatic nitrogens is 1. The highest BCUT2D eigenvalue weighted by Gasteiger charge is 2.42. The summed E-state index contributed by atoms with van der Waals surface area (Å²) in [4.78, 5) is 6.79. The minimum Gasteiger partial charge on any atom is -0.316 e. The van der Waals surface area contributed by atoms with Crippen LogP contribution < -0.4 is 5.32 Å². The molecule has 0 spiro atoms. The van der Waals surface area contributed by atoms with E-state index in [9.17, 15) is 0 Å². The Morgan fingerprint density at radius 2 is 2.20 bits per heavy atom. The van der Waals surface area contributed by atoms with Gasteiger partial charge < -0.3 is 5.32 Å². The lowest BCUT2D eigenvalue weighted by atomic mass is 9.88. The Hall–Kier alpha value is -0.410. The maximum Gasteiger partial charge on any atom is 0.0965 e. The van der Waals surface area contributed by atoms with Gasteiger partial charge in [-0.3, -0.25) is 0 Å². The van der Waals surface area contributed by atoms with Crippen molar-refractivity contribution < 1.29 is 0 Å². The molecule has 0 amide bonds. The quantitative estimate of drug-likeness (QED) is 0.904. The van der Waals surface area contributed by atoms with E-state index >= 15 is 0 Å². The molecule has 3 aliphatic rings. The van der Waals surface area contributed by atoms with Gasteiger partial charge >= 0.3 is 0 Å². The summed E-state index contributed by atoms with van der Waals surface area (Å²) in [6.07, 6.45) is 9.89. The highest BCUT2D eigenvalue weighted by molar-refractivity contribution is 7.11. The van der Waals surface area contributed by atoms with Crippen LogP contribution in [0.3, 0.4) is 0 Å². The first-order chi connectivity index (χ1) is 9.85. The molecule has 2 nitrogen and oxygen atoms in total. The SMILES string of the molecule is CCNCC1CCCc2sc(C3CC4CCC3C4)nc21. The summed E-state index contributed by atoms with van der Waals surface area (Å²) < 4.78 is 0. The molecule has 110 valence electrons. The number of thiazole rings is 1. The minimum atomic E-state index is 0.683. The molecule has 1 N–H and O–H groups in total. The lowest BCUT2D eigenvalue weighted by molar-refractivity contribution is 0.417. The summed E-state index contributed by atoms with van der Waals surface area (Å²) in [7, 11) is 0. The van der Waals surface area contributed by atoms with Gasteiger partial charge in [-0.2, -0.15) is 0 Å². The Morgan fingerprint density at radius 1 is 1.25 bits per heavy atom. The van der Waals surface area contributed by atoms with Crippen molar-refractivity contribution in [3.05, 3.63) is 15.6 Å². The van der Waals surface area contributed by atoms with E-state index in [0.29, 0.717) is 5.92 Å². The Kier molecular flexibility index (Phi) is 3.59. The molecule has 20 heavy (non-hydrogen) atoms. The first-order valence-corrected chi connectivity index (χ1v) is 9.37. The van der Waals surface area contributed by atoms with Gasteiger partial charge in [0.2, 0.25) is 0 Å². The third kappa shape index (κ3) is 2.23. The molecule has 4 unspecified atom stereocenters. The van der Waals surface area contributed by atoms with Crippen molar-refractivity contribution in [3.8, 4) is 0 Å². The van der Waals surface area contributed by atoms with E-state index in [1.165, 1.54) is 55.6 Å². The van der Waals surface area contributed by atoms with Gasteiger partial charge in [0.25, 0.3) is 0 Å². The Balaban J connectivity index is 1.56. The predicted octanol–water partition coefficient (Wildman–Crippen LogP) is 4.08. The maximum atomic E-state index is 5.16. The molecule has 3 heteroatoms. The zero-order valence-corrected chi connectivity index (χ0v) is 13.3. The second-order valence-corrected chi connectivity index (χ2v) is 8.15. The number of hydrogen-bond acceptors (Lipinski definition) is 3. The standard InChI is InChI=1S/C17H26N2S/c1-2-18-10-13-4-3-5-15-16(13)19-17(20-15)14-9-11-6-7-12(14)8-11/h11-14,18H,2-10H2,1H3. The molecule has 4 rings (SSSR count). The minimum absolute atomic E-state index is 0.683. The van der Waals surface area contributed by atoms with Crippen molar-refractivity contribution >= 4 is 11.3 Å². The van der Waals surface area contributed by atoms with E-state index < -0.39 is 0 Å². The number of nitrogens with one attached hydrogen (secondary N) is 1. The molecule has 0 radical (unpaired) electrons. The van der Waals surface area contributed by atoms with E-state index in [1.54, 1.807) is 4.88 Å². The summed E-state index contributed by atoms with van der Waals surface area (Å²) in [6, 6.07) is 0. The number of rotatable bonds is 4. The number of aryl methyl sites for hydroxylation is 1. The van der Waals surface area contributed by atoms with Crippen molar-refractivity contribution in [2.24, 2.45) is 11.8 Å². The van der Waals surface area contributed by atoms with Crippen LogP contribution in [0.25, 0.3) is 0 Å². The van der Waals surface area contributed by atoms with Gasteiger partial charge in [-0.25, -0.2) is 4.98 Å². The molecule has 1 aromatic heterocycles. The highest BCUT2D eigenvalue weighted by Crippen LogP contribution is 2.54. The first-order valence-electron chi connectivity index (χ1n) is 8.55. The predicted molar refractivity (Wildman–Crippen MR) is 84.5 cm³/mol. The molecule has 2 saturated carbocycles. The topological polar surface area (TPSA) is 24.9 Å². The first kappa shape index (κ1) is 13.3. The number of likely N-dealkylation sites (N-methyl/N-ethyl adjacent to an activating group) is 1. The Morgan fingerprint density at radius 3 is 2.95 bits per heavy atom. The molecule has 1 heterocycles. The third-order valence-corrected chi connectivity index (χ3v) is 7.05. The van der Waals surface area contributed by atoms with Gasteiger partial charge in [0, 0.05) is 23.3 Å². The second-order valence-electron chi connectivity index (χ2n) is 7.04. The fourth-order valence-corrected chi connectivity index (χ4v) is 6.15. The summed E-state index contributed by atoms with van der Waals surface area (Å²) >= 11 is 2.07. The molecule has 2 bridgehead atoms. The smallest absolute Gasteiger partial charge is 0.0965 e. The fourth-order valence-electron chi connectivity index (χ4n) is 4.75. The van der Waals surface area contributed by atoms with Crippen LogP contribution in [0.4, 0.5) is 0 Å². The molecule has 0 aliphatic heterocycles. The molecule has 0 aromatic carbocycles. The van der Waals surface area contributed by atoms with Crippen LogP contribution in [0.1, 0.15) is 72.9 Å². The van der Waals surface area contributed by atoms with E-state index in [4.69, 9.17) is 4.98 Å². The molecular formula is C17H26N2S. The van der Waals surface area contributed by atoms with E-state index in [1.807, 2.05) is 0 Å². The van der Waals surface area contributed by atoms with Gasteiger partial charge in [0.15, 0.2) is 0 Å². The van der Waals surface area contributed by atoms with Crippen molar-refractivity contribution in [1.29, 1.82) is 0 Å². The van der Waals surface area contributed by atoms with Gasteiger partial charge in [-0.15, -0.1) is 11.3 Å². The average molecular weight is 290 g/mol. The third-order valence-electron chi connectivity index (χ3n) is 5.78. The average Bonchev–Trinajstić information content (AvgIpc) is 3.18. The number of nitrogens with zero attached hydrogens (tertiary/aromatic N) is 1. The van der Waals surface area contributed by atoms with E-state index in [-0.39, 0.29) is 0 Å². The van der Waals surface area contributed by atoms with E-state index in [0.717, 1.165) is 30.8 Å². The Bertz CT molecular complexity index is 481. The normalized spacial score (nSPS) is 35.5. The molecule has 0 saturated heterocycles. The van der Waals surface area contributed by atoms with Gasteiger partial charge in [0.1, 0.15) is 0 Å². The summed E-state index contributed by atoms with van der Waals surface area (Å²) in [5, 5.41) is 5.03. The van der Waals surface area contributed by atoms with Crippen molar-refractivity contribution in [1.82, 2.24) is 10.3 Å². The van der Waals surface area contributed by atoms with Crippen LogP contribution >= 0.6 is 11.3 Å². The number of hydrogen-bond donors (Lipinski definition) is 1. The summed E-state index contributed by atoms with van der Waals surface area (Å²) in [6.45, 7) is 4.41. The van der Waals surface area contributed by atoms with Gasteiger partial charge in [-0.1, -0.05) is 13.3 Å². The maximum absolute atomic E-state index is 5.16. The van der Waals surface area contributed by atoms with Crippen molar-refractivity contribution in [2.75, 3.05) is 13.1 Å². The molecule has 1 aromatic rings.